The molecule has 3 amide bonds. The Morgan fingerprint density at radius 3 is 1.97 bits per heavy atom. The molecule has 1 saturated carbocycles. The van der Waals surface area contributed by atoms with E-state index in [0.717, 1.165) is 17.7 Å². The van der Waals surface area contributed by atoms with Crippen LogP contribution < -0.4 is 21.7 Å². The van der Waals surface area contributed by atoms with Crippen molar-refractivity contribution in [3.8, 4) is 11.8 Å². The van der Waals surface area contributed by atoms with E-state index in [2.05, 4.69) is 39.9 Å². The van der Waals surface area contributed by atoms with E-state index in [1.54, 1.807) is 58.9 Å². The molecule has 196 valence electrons. The van der Waals surface area contributed by atoms with Crippen molar-refractivity contribution in [2.75, 3.05) is 0 Å². The zero-order valence-electron chi connectivity index (χ0n) is 22.1. The quantitative estimate of drug-likeness (QED) is 0.411. The minimum Gasteiger partial charge on any atom is -0.444 e. The molecule has 0 bridgehead atoms. The van der Waals surface area contributed by atoms with Crippen molar-refractivity contribution >= 4 is 17.9 Å². The van der Waals surface area contributed by atoms with Crippen molar-refractivity contribution in [2.45, 2.75) is 77.2 Å². The van der Waals surface area contributed by atoms with E-state index in [-0.39, 0.29) is 0 Å². The molecule has 8 heteroatoms. The van der Waals surface area contributed by atoms with Gasteiger partial charge in [0.25, 0.3) is 5.91 Å². The Morgan fingerprint density at radius 2 is 1.49 bits per heavy atom. The van der Waals surface area contributed by atoms with Gasteiger partial charge in [-0.05, 0) is 89.4 Å². The summed E-state index contributed by atoms with van der Waals surface area (Å²) < 4.78 is 5.26. The van der Waals surface area contributed by atoms with Crippen LogP contribution in [0.3, 0.4) is 0 Å². The van der Waals surface area contributed by atoms with E-state index >= 15 is 0 Å². The van der Waals surface area contributed by atoms with Crippen LogP contribution >= 0.6 is 0 Å². The summed E-state index contributed by atoms with van der Waals surface area (Å²) in [5.74, 6) is 4.94. The zero-order valence-corrected chi connectivity index (χ0v) is 22.1. The lowest BCUT2D eigenvalue weighted by atomic mass is 9.93. The van der Waals surface area contributed by atoms with Crippen LogP contribution in [0.4, 0.5) is 4.79 Å². The van der Waals surface area contributed by atoms with Crippen molar-refractivity contribution in [2.24, 2.45) is 5.73 Å². The fraction of sp³-hybridized carbons (Fsp3) is 0.414. The molecule has 2 aromatic carbocycles. The molecule has 0 spiro atoms. The molecule has 1 atom stereocenters. The number of nitrogens with one attached hydrogen (secondary N) is 3. The smallest absolute Gasteiger partial charge is 0.408 e. The Kier molecular flexibility index (Phi) is 8.61. The molecule has 0 heterocycles. The average molecular weight is 505 g/mol. The van der Waals surface area contributed by atoms with Gasteiger partial charge in [0, 0.05) is 29.3 Å². The predicted molar refractivity (Wildman–Crippen MR) is 143 cm³/mol. The summed E-state index contributed by atoms with van der Waals surface area (Å²) in [6.45, 7) is 9.22. The number of hydrogen-bond acceptors (Lipinski definition) is 5. The van der Waals surface area contributed by atoms with Gasteiger partial charge in [-0.25, -0.2) is 4.79 Å². The highest BCUT2D eigenvalue weighted by molar-refractivity contribution is 5.98. The van der Waals surface area contributed by atoms with Gasteiger partial charge in [0.1, 0.15) is 11.6 Å². The molecule has 1 aliphatic carbocycles. The first-order valence-electron chi connectivity index (χ1n) is 12.4. The Hall–Kier alpha value is -3.83. The highest BCUT2D eigenvalue weighted by Gasteiger charge is 2.38. The molecular formula is C29H36N4O4. The summed E-state index contributed by atoms with van der Waals surface area (Å²) >= 11 is 0. The molecule has 37 heavy (non-hydrogen) atoms. The third-order valence-corrected chi connectivity index (χ3v) is 5.73. The third-order valence-electron chi connectivity index (χ3n) is 5.73. The maximum absolute atomic E-state index is 12.8. The molecule has 1 unspecified atom stereocenters. The SMILES string of the molecule is CC(C)(C)OC(=O)NC(C)(C)C(NC(=O)c1ccc(C#Cc2ccc(CNC3CC3)cc2)cc1)C(N)=O. The van der Waals surface area contributed by atoms with Crippen LogP contribution in [0, 0.1) is 11.8 Å². The van der Waals surface area contributed by atoms with E-state index in [9.17, 15) is 14.4 Å². The number of benzene rings is 2. The Bertz CT molecular complexity index is 1180. The van der Waals surface area contributed by atoms with Crippen LogP contribution in [0.15, 0.2) is 48.5 Å². The van der Waals surface area contributed by atoms with Crippen LogP contribution in [-0.2, 0) is 16.1 Å². The van der Waals surface area contributed by atoms with Crippen molar-refractivity contribution in [1.82, 2.24) is 16.0 Å². The number of amides is 3. The van der Waals surface area contributed by atoms with Crippen LogP contribution in [0.2, 0.25) is 0 Å². The summed E-state index contributed by atoms with van der Waals surface area (Å²) in [5.41, 5.74) is 6.84. The number of hydrogen-bond donors (Lipinski definition) is 4. The predicted octanol–water partition coefficient (Wildman–Crippen LogP) is 3.23. The zero-order chi connectivity index (χ0) is 27.2. The van der Waals surface area contributed by atoms with Crippen LogP contribution in [0.1, 0.15) is 74.5 Å². The maximum atomic E-state index is 12.8. The van der Waals surface area contributed by atoms with Crippen molar-refractivity contribution in [3.63, 3.8) is 0 Å². The van der Waals surface area contributed by atoms with Gasteiger partial charge in [-0.2, -0.15) is 0 Å². The highest BCUT2D eigenvalue weighted by atomic mass is 16.6. The molecule has 1 aliphatic rings. The van der Waals surface area contributed by atoms with E-state index in [1.165, 1.54) is 18.4 Å². The number of primary amides is 1. The van der Waals surface area contributed by atoms with Gasteiger partial charge in [0.15, 0.2) is 0 Å². The van der Waals surface area contributed by atoms with E-state index in [4.69, 9.17) is 10.5 Å². The minimum atomic E-state index is -1.20. The topological polar surface area (TPSA) is 123 Å². The van der Waals surface area contributed by atoms with Crippen LogP contribution in [0.25, 0.3) is 0 Å². The first-order chi connectivity index (χ1) is 17.3. The summed E-state index contributed by atoms with van der Waals surface area (Å²) in [6, 6.07) is 14.4. The summed E-state index contributed by atoms with van der Waals surface area (Å²) in [7, 11) is 0. The van der Waals surface area contributed by atoms with Crippen LogP contribution in [-0.4, -0.2) is 41.1 Å². The van der Waals surface area contributed by atoms with Crippen molar-refractivity contribution < 1.29 is 19.1 Å². The molecule has 3 rings (SSSR count). The normalized spacial score (nSPS) is 14.1. The lowest BCUT2D eigenvalue weighted by molar-refractivity contribution is -0.121. The molecule has 0 aliphatic heterocycles. The first-order valence-corrected chi connectivity index (χ1v) is 12.4. The van der Waals surface area contributed by atoms with Gasteiger partial charge in [-0.3, -0.25) is 9.59 Å². The van der Waals surface area contributed by atoms with Crippen molar-refractivity contribution in [1.29, 1.82) is 0 Å². The van der Waals surface area contributed by atoms with Crippen molar-refractivity contribution in [3.05, 3.63) is 70.8 Å². The minimum absolute atomic E-state index is 0.331. The van der Waals surface area contributed by atoms with Gasteiger partial charge in [-0.1, -0.05) is 24.0 Å². The third kappa shape index (κ3) is 8.96. The number of ether oxygens (including phenoxy) is 1. The molecule has 1 fully saturated rings. The Balaban J connectivity index is 1.60. The lowest BCUT2D eigenvalue weighted by Crippen LogP contribution is -2.64. The highest BCUT2D eigenvalue weighted by Crippen LogP contribution is 2.19. The van der Waals surface area contributed by atoms with E-state index < -0.39 is 35.1 Å². The summed E-state index contributed by atoms with van der Waals surface area (Å²) in [5, 5.41) is 8.72. The number of nitrogens with two attached hydrogens (primary N) is 1. The van der Waals surface area contributed by atoms with E-state index in [1.807, 2.05) is 12.1 Å². The number of alkyl carbamates (subject to hydrolysis) is 1. The second kappa shape index (κ2) is 11.5. The molecule has 0 aromatic heterocycles. The van der Waals surface area contributed by atoms with Crippen LogP contribution in [0.5, 0.6) is 0 Å². The lowest BCUT2D eigenvalue weighted by Gasteiger charge is -2.34. The second-order valence-corrected chi connectivity index (χ2v) is 10.8. The fourth-order valence-electron chi connectivity index (χ4n) is 3.57. The van der Waals surface area contributed by atoms with Gasteiger partial charge in [0.05, 0.1) is 5.54 Å². The standard InChI is InChI=1S/C29H36N4O4/c1-28(2,3)37-27(36)33-29(4,5)24(25(30)34)32-26(35)22-14-12-20(13-15-22)7-6-19-8-10-21(11-9-19)18-31-23-16-17-23/h8-15,23-24,31H,16-18H2,1-5H3,(H2,30,34)(H,32,35)(H,33,36). The Morgan fingerprint density at radius 1 is 0.946 bits per heavy atom. The van der Waals surface area contributed by atoms with E-state index in [0.29, 0.717) is 11.6 Å². The second-order valence-electron chi connectivity index (χ2n) is 10.8. The fourth-order valence-corrected chi connectivity index (χ4v) is 3.57. The van der Waals surface area contributed by atoms with Gasteiger partial charge < -0.3 is 26.4 Å². The molecule has 2 aromatic rings. The number of carbonyl (C=O) groups excluding carboxylic acids is 3. The largest absolute Gasteiger partial charge is 0.444 e. The number of carbonyl (C=O) groups is 3. The summed E-state index contributed by atoms with van der Waals surface area (Å²) in [4.78, 5) is 37.2. The monoisotopic (exact) mass is 504 g/mol. The summed E-state index contributed by atoms with van der Waals surface area (Å²) in [6.07, 6.45) is 1.81. The average Bonchev–Trinajstić information content (AvgIpc) is 3.63. The molecular weight excluding hydrogens is 468 g/mol. The van der Waals surface area contributed by atoms with Gasteiger partial charge in [0.2, 0.25) is 5.91 Å². The van der Waals surface area contributed by atoms with Gasteiger partial charge >= 0.3 is 6.09 Å². The number of rotatable bonds is 8. The molecule has 8 nitrogen and oxygen atoms in total. The first kappa shape index (κ1) is 27.8. The molecule has 0 saturated heterocycles. The molecule has 5 N–H and O–H groups in total. The molecule has 0 radical (unpaired) electrons. The Labute approximate surface area is 218 Å². The maximum Gasteiger partial charge on any atom is 0.408 e. The van der Waals surface area contributed by atoms with Gasteiger partial charge in [-0.15, -0.1) is 0 Å².